The number of carboxylic acids is 2. The highest BCUT2D eigenvalue weighted by Crippen LogP contribution is 2.08. The monoisotopic (exact) mass is 222 g/mol. The van der Waals surface area contributed by atoms with Gasteiger partial charge in [0.05, 0.1) is 12.2 Å². The number of aliphatic hydroxyl groups is 3. The van der Waals surface area contributed by atoms with Crippen LogP contribution < -0.4 is 0 Å². The van der Waals surface area contributed by atoms with E-state index in [-0.39, 0.29) is 19.3 Å². The second-order valence-electron chi connectivity index (χ2n) is 3.17. The third-order valence-corrected chi connectivity index (χ3v) is 1.82. The summed E-state index contributed by atoms with van der Waals surface area (Å²) in [4.78, 5) is 20.3. The Bertz CT molecular complexity index is 227. The van der Waals surface area contributed by atoms with Crippen molar-refractivity contribution in [3.8, 4) is 0 Å². The lowest BCUT2D eigenvalue weighted by molar-refractivity contribution is -0.154. The number of carbonyl (C=O) groups is 2. The van der Waals surface area contributed by atoms with Crippen LogP contribution in [-0.2, 0) is 9.59 Å². The molecule has 0 aromatic heterocycles. The van der Waals surface area contributed by atoms with E-state index in [1.54, 1.807) is 0 Å². The van der Waals surface area contributed by atoms with Crippen LogP contribution in [-0.4, -0.2) is 55.8 Å². The van der Waals surface area contributed by atoms with Gasteiger partial charge in [-0.3, -0.25) is 4.79 Å². The molecule has 7 nitrogen and oxygen atoms in total. The molecule has 0 aliphatic carbocycles. The van der Waals surface area contributed by atoms with E-state index >= 15 is 0 Å². The molecule has 0 saturated heterocycles. The Morgan fingerprint density at radius 3 is 2.00 bits per heavy atom. The second kappa shape index (κ2) is 6.33. The SMILES string of the molecule is O=C(O)CCC(O)CC(O)C(O)C(=O)O. The Morgan fingerprint density at radius 2 is 1.60 bits per heavy atom. The van der Waals surface area contributed by atoms with Gasteiger partial charge in [0.2, 0.25) is 0 Å². The molecule has 0 aromatic rings. The first-order chi connectivity index (χ1) is 6.84. The lowest BCUT2D eigenvalue weighted by atomic mass is 10.0. The van der Waals surface area contributed by atoms with E-state index in [0.29, 0.717) is 0 Å². The van der Waals surface area contributed by atoms with Crippen molar-refractivity contribution in [1.82, 2.24) is 0 Å². The summed E-state index contributed by atoms with van der Waals surface area (Å²) in [5.74, 6) is -2.68. The molecule has 0 aromatic carbocycles. The highest BCUT2D eigenvalue weighted by Gasteiger charge is 2.25. The molecule has 3 atom stereocenters. The average molecular weight is 222 g/mol. The van der Waals surface area contributed by atoms with Crippen molar-refractivity contribution in [2.75, 3.05) is 0 Å². The fourth-order valence-electron chi connectivity index (χ4n) is 0.980. The molecule has 0 spiro atoms. The molecule has 0 aliphatic rings. The molecule has 0 amide bonds. The molecule has 7 heteroatoms. The minimum absolute atomic E-state index is 0.0985. The normalized spacial score (nSPS) is 16.7. The van der Waals surface area contributed by atoms with Gasteiger partial charge < -0.3 is 25.5 Å². The van der Waals surface area contributed by atoms with Crippen LogP contribution in [0.4, 0.5) is 0 Å². The minimum Gasteiger partial charge on any atom is -0.481 e. The molecular weight excluding hydrogens is 208 g/mol. The summed E-state index contributed by atoms with van der Waals surface area (Å²) >= 11 is 0. The average Bonchev–Trinajstić information content (AvgIpc) is 2.13. The van der Waals surface area contributed by atoms with Gasteiger partial charge in [-0.1, -0.05) is 0 Å². The van der Waals surface area contributed by atoms with Crippen LogP contribution >= 0.6 is 0 Å². The maximum Gasteiger partial charge on any atom is 0.335 e. The zero-order valence-corrected chi connectivity index (χ0v) is 7.91. The molecule has 0 radical (unpaired) electrons. The van der Waals surface area contributed by atoms with Gasteiger partial charge in [0.15, 0.2) is 6.10 Å². The van der Waals surface area contributed by atoms with Gasteiger partial charge in [0, 0.05) is 12.8 Å². The van der Waals surface area contributed by atoms with Crippen molar-refractivity contribution in [3.05, 3.63) is 0 Å². The summed E-state index contributed by atoms with van der Waals surface area (Å²) in [6.07, 6.45) is -5.47. The Kier molecular flexibility index (Phi) is 5.83. The molecular formula is C8H14O7. The quantitative estimate of drug-likeness (QED) is 0.350. The molecule has 0 aliphatic heterocycles. The maximum absolute atomic E-state index is 10.2. The van der Waals surface area contributed by atoms with Gasteiger partial charge in [-0.2, -0.15) is 0 Å². The molecule has 3 unspecified atom stereocenters. The van der Waals surface area contributed by atoms with Crippen molar-refractivity contribution in [2.45, 2.75) is 37.6 Å². The summed E-state index contributed by atoms with van der Waals surface area (Å²) in [6, 6.07) is 0. The molecule has 0 saturated carbocycles. The van der Waals surface area contributed by atoms with Gasteiger partial charge in [0.1, 0.15) is 0 Å². The molecule has 0 heterocycles. The molecule has 5 N–H and O–H groups in total. The van der Waals surface area contributed by atoms with E-state index in [1.807, 2.05) is 0 Å². The van der Waals surface area contributed by atoms with Crippen LogP contribution in [0.1, 0.15) is 19.3 Å². The van der Waals surface area contributed by atoms with E-state index in [2.05, 4.69) is 0 Å². The van der Waals surface area contributed by atoms with Gasteiger partial charge in [-0.05, 0) is 6.42 Å². The molecule has 0 rings (SSSR count). The van der Waals surface area contributed by atoms with E-state index in [4.69, 9.17) is 20.4 Å². The lowest BCUT2D eigenvalue weighted by Crippen LogP contribution is -2.36. The van der Waals surface area contributed by atoms with Crippen molar-refractivity contribution in [3.63, 3.8) is 0 Å². The van der Waals surface area contributed by atoms with E-state index in [0.717, 1.165) is 0 Å². The van der Waals surface area contributed by atoms with Gasteiger partial charge >= 0.3 is 11.9 Å². The van der Waals surface area contributed by atoms with Crippen LogP contribution in [0, 0.1) is 0 Å². The summed E-state index contributed by atoms with van der Waals surface area (Å²) in [6.45, 7) is 0. The Morgan fingerprint density at radius 1 is 1.07 bits per heavy atom. The number of carboxylic acid groups (broad SMARTS) is 2. The highest BCUT2D eigenvalue weighted by atomic mass is 16.4. The summed E-state index contributed by atoms with van der Waals surface area (Å²) < 4.78 is 0. The first-order valence-electron chi connectivity index (χ1n) is 4.33. The Balaban J connectivity index is 3.90. The predicted octanol–water partition coefficient (Wildman–Crippen LogP) is -1.59. The number of hydrogen-bond donors (Lipinski definition) is 5. The second-order valence-corrected chi connectivity index (χ2v) is 3.17. The third kappa shape index (κ3) is 6.00. The minimum atomic E-state index is -1.97. The number of aliphatic hydroxyl groups excluding tert-OH is 3. The number of rotatable bonds is 7. The lowest BCUT2D eigenvalue weighted by Gasteiger charge is -2.17. The largest absolute Gasteiger partial charge is 0.481 e. The predicted molar refractivity (Wildman–Crippen MR) is 47.1 cm³/mol. The third-order valence-electron chi connectivity index (χ3n) is 1.82. The smallest absolute Gasteiger partial charge is 0.335 e. The van der Waals surface area contributed by atoms with Gasteiger partial charge in [0.25, 0.3) is 0 Å². The van der Waals surface area contributed by atoms with E-state index in [9.17, 15) is 14.7 Å². The van der Waals surface area contributed by atoms with Gasteiger partial charge in [-0.25, -0.2) is 4.79 Å². The van der Waals surface area contributed by atoms with Crippen LogP contribution in [0.5, 0.6) is 0 Å². The van der Waals surface area contributed by atoms with Crippen molar-refractivity contribution >= 4 is 11.9 Å². The van der Waals surface area contributed by atoms with E-state index < -0.39 is 30.3 Å². The van der Waals surface area contributed by atoms with E-state index in [1.165, 1.54) is 0 Å². The molecule has 88 valence electrons. The standard InChI is InChI=1S/C8H14O7/c9-4(1-2-6(11)12)3-5(10)7(13)8(14)15/h4-5,7,9-10,13H,1-3H2,(H,11,12)(H,14,15). The van der Waals surface area contributed by atoms with Crippen LogP contribution in [0.2, 0.25) is 0 Å². The molecule has 0 bridgehead atoms. The van der Waals surface area contributed by atoms with Crippen LogP contribution in [0.3, 0.4) is 0 Å². The van der Waals surface area contributed by atoms with Crippen LogP contribution in [0.15, 0.2) is 0 Å². The highest BCUT2D eigenvalue weighted by molar-refractivity contribution is 5.72. The fourth-order valence-corrected chi connectivity index (χ4v) is 0.980. The van der Waals surface area contributed by atoms with Gasteiger partial charge in [-0.15, -0.1) is 0 Å². The first-order valence-corrected chi connectivity index (χ1v) is 4.33. The van der Waals surface area contributed by atoms with Crippen LogP contribution in [0.25, 0.3) is 0 Å². The number of hydrogen-bond acceptors (Lipinski definition) is 5. The Hall–Kier alpha value is -1.18. The zero-order chi connectivity index (χ0) is 12.0. The molecule has 0 fully saturated rings. The zero-order valence-electron chi connectivity index (χ0n) is 7.91. The Labute approximate surface area is 85.6 Å². The maximum atomic E-state index is 10.2. The van der Waals surface area contributed by atoms with Crippen molar-refractivity contribution in [1.29, 1.82) is 0 Å². The summed E-state index contributed by atoms with van der Waals surface area (Å²) in [5, 5.41) is 43.7. The summed E-state index contributed by atoms with van der Waals surface area (Å²) in [5.41, 5.74) is 0. The summed E-state index contributed by atoms with van der Waals surface area (Å²) in [7, 11) is 0. The van der Waals surface area contributed by atoms with Crippen molar-refractivity contribution in [2.24, 2.45) is 0 Å². The molecule has 15 heavy (non-hydrogen) atoms. The number of aliphatic carboxylic acids is 2. The first kappa shape index (κ1) is 13.8. The topological polar surface area (TPSA) is 135 Å². The van der Waals surface area contributed by atoms with Crippen molar-refractivity contribution < 1.29 is 35.1 Å². The fraction of sp³-hybridized carbons (Fsp3) is 0.750.